The number of pyridine rings is 1. The number of likely N-dealkylation sites (tertiary alicyclic amines) is 1. The number of nitrogens with one attached hydrogen (secondary N) is 1. The fraction of sp³-hybridized carbons (Fsp3) is 0.417. The predicted octanol–water partition coefficient (Wildman–Crippen LogP) is 2.47. The monoisotopic (exact) mass is 486 g/mol. The summed E-state index contributed by atoms with van der Waals surface area (Å²) in [6, 6.07) is 4.91. The summed E-state index contributed by atoms with van der Waals surface area (Å²) in [5.74, 6) is -2.23. The van der Waals surface area contributed by atoms with Crippen LogP contribution in [-0.2, 0) is 4.74 Å². The maximum atomic E-state index is 14.8. The van der Waals surface area contributed by atoms with E-state index in [4.69, 9.17) is 15.2 Å². The molecule has 1 aromatic heterocycles. The number of rotatable bonds is 4. The quantitative estimate of drug-likeness (QED) is 0.634. The van der Waals surface area contributed by atoms with E-state index in [-0.39, 0.29) is 47.0 Å². The van der Waals surface area contributed by atoms with Gasteiger partial charge in [0.15, 0.2) is 11.6 Å². The second-order valence-electron chi connectivity index (χ2n) is 9.61. The van der Waals surface area contributed by atoms with Gasteiger partial charge in [0.05, 0.1) is 23.4 Å². The molecule has 0 saturated carbocycles. The third-order valence-corrected chi connectivity index (χ3v) is 5.87. The van der Waals surface area contributed by atoms with Gasteiger partial charge in [-0.25, -0.2) is 9.18 Å². The standard InChI is InChI=1S/C24H27FN4O6/c1-24(2,3)35-23(33)28-8-6-13(7-9-28)12-34-17-5-4-14(10-16(17)25)29-18(30)11-15-19(20(29)26)22(32)27-21(15)31/h4-5,10-11,13H,6-9,12,26H2,1-3H3,(H,27,31,32). The summed E-state index contributed by atoms with van der Waals surface area (Å²) in [6.45, 7) is 6.78. The van der Waals surface area contributed by atoms with E-state index in [0.717, 1.165) is 16.7 Å². The molecule has 0 bridgehead atoms. The molecule has 3 heterocycles. The smallest absolute Gasteiger partial charge is 0.410 e. The molecule has 0 atom stereocenters. The Bertz CT molecular complexity index is 1260. The van der Waals surface area contributed by atoms with Crippen LogP contribution in [0.15, 0.2) is 29.1 Å². The summed E-state index contributed by atoms with van der Waals surface area (Å²) >= 11 is 0. The normalized spacial score (nSPS) is 16.2. The number of carbonyl (C=O) groups is 3. The van der Waals surface area contributed by atoms with Gasteiger partial charge in [0.1, 0.15) is 11.4 Å². The fourth-order valence-electron chi connectivity index (χ4n) is 4.11. The minimum atomic E-state index is -0.714. The molecule has 2 aliphatic heterocycles. The molecule has 10 nitrogen and oxygen atoms in total. The van der Waals surface area contributed by atoms with Crippen molar-refractivity contribution in [2.24, 2.45) is 5.92 Å². The number of halogens is 1. The Labute approximate surface area is 200 Å². The van der Waals surface area contributed by atoms with E-state index < -0.39 is 28.8 Å². The maximum absolute atomic E-state index is 14.8. The Hall–Kier alpha value is -3.89. The SMILES string of the molecule is CC(C)(C)OC(=O)N1CCC(COc2ccc(-n3c(N)c4c(cc3=O)C(=O)NC4=O)cc2F)CC1. The van der Waals surface area contributed by atoms with Crippen LogP contribution < -0.4 is 21.3 Å². The van der Waals surface area contributed by atoms with Crippen molar-refractivity contribution < 1.29 is 28.2 Å². The zero-order chi connectivity index (χ0) is 25.5. The summed E-state index contributed by atoms with van der Waals surface area (Å²) in [6.07, 6.45) is 1.04. The lowest BCUT2D eigenvalue weighted by Crippen LogP contribution is -2.42. The number of anilines is 1. The highest BCUT2D eigenvalue weighted by Gasteiger charge is 2.32. The lowest BCUT2D eigenvalue weighted by atomic mass is 9.98. The van der Waals surface area contributed by atoms with Gasteiger partial charge in [0.25, 0.3) is 17.4 Å². The third-order valence-electron chi connectivity index (χ3n) is 5.87. The molecule has 11 heteroatoms. The topological polar surface area (TPSA) is 133 Å². The van der Waals surface area contributed by atoms with Gasteiger partial charge in [0.2, 0.25) is 0 Å². The molecule has 4 rings (SSSR count). The number of ether oxygens (including phenoxy) is 2. The van der Waals surface area contributed by atoms with Crippen LogP contribution in [0.2, 0.25) is 0 Å². The van der Waals surface area contributed by atoms with Crippen LogP contribution in [0.5, 0.6) is 5.75 Å². The van der Waals surface area contributed by atoms with Crippen molar-refractivity contribution in [2.45, 2.75) is 39.2 Å². The summed E-state index contributed by atoms with van der Waals surface area (Å²) in [5, 5.41) is 2.08. The van der Waals surface area contributed by atoms with E-state index in [9.17, 15) is 23.6 Å². The Balaban J connectivity index is 1.41. The van der Waals surface area contributed by atoms with Crippen molar-refractivity contribution in [2.75, 3.05) is 25.4 Å². The van der Waals surface area contributed by atoms with Crippen molar-refractivity contribution in [3.63, 3.8) is 0 Å². The molecule has 186 valence electrons. The number of nitrogens with zero attached hydrogens (tertiary/aromatic N) is 2. The molecule has 35 heavy (non-hydrogen) atoms. The number of carbonyl (C=O) groups excluding carboxylic acids is 3. The van der Waals surface area contributed by atoms with Crippen LogP contribution in [0.3, 0.4) is 0 Å². The van der Waals surface area contributed by atoms with Crippen LogP contribution in [0.25, 0.3) is 5.69 Å². The number of hydrogen-bond acceptors (Lipinski definition) is 7. The molecule has 1 aromatic carbocycles. The molecule has 1 fully saturated rings. The molecule has 0 spiro atoms. The zero-order valence-corrected chi connectivity index (χ0v) is 19.7. The first-order valence-electron chi connectivity index (χ1n) is 11.3. The van der Waals surface area contributed by atoms with Crippen molar-refractivity contribution in [1.29, 1.82) is 0 Å². The van der Waals surface area contributed by atoms with E-state index in [2.05, 4.69) is 5.32 Å². The lowest BCUT2D eigenvalue weighted by molar-refractivity contribution is 0.0164. The highest BCUT2D eigenvalue weighted by atomic mass is 19.1. The maximum Gasteiger partial charge on any atom is 0.410 e. The molecule has 3 amide bonds. The molecule has 0 aliphatic carbocycles. The Morgan fingerprint density at radius 1 is 1.14 bits per heavy atom. The zero-order valence-electron chi connectivity index (χ0n) is 19.7. The van der Waals surface area contributed by atoms with Crippen LogP contribution in [0.1, 0.15) is 54.3 Å². The van der Waals surface area contributed by atoms with Crippen LogP contribution in [0, 0.1) is 11.7 Å². The molecule has 2 aromatic rings. The van der Waals surface area contributed by atoms with Crippen molar-refractivity contribution in [3.05, 3.63) is 51.6 Å². The van der Waals surface area contributed by atoms with Crippen molar-refractivity contribution in [1.82, 2.24) is 14.8 Å². The second-order valence-corrected chi connectivity index (χ2v) is 9.61. The number of fused-ring (bicyclic) bond motifs is 1. The van der Waals surface area contributed by atoms with Gasteiger partial charge < -0.3 is 20.1 Å². The minimum Gasteiger partial charge on any atom is -0.490 e. The summed E-state index contributed by atoms with van der Waals surface area (Å²) in [7, 11) is 0. The van der Waals surface area contributed by atoms with Gasteiger partial charge in [-0.15, -0.1) is 0 Å². The Morgan fingerprint density at radius 3 is 2.46 bits per heavy atom. The first-order valence-corrected chi connectivity index (χ1v) is 11.3. The van der Waals surface area contributed by atoms with E-state index in [1.54, 1.807) is 4.90 Å². The van der Waals surface area contributed by atoms with E-state index >= 15 is 0 Å². The van der Waals surface area contributed by atoms with Crippen LogP contribution in [-0.4, -0.2) is 52.7 Å². The highest BCUT2D eigenvalue weighted by molar-refractivity contribution is 6.23. The second kappa shape index (κ2) is 9.05. The van der Waals surface area contributed by atoms with E-state index in [0.29, 0.717) is 25.9 Å². The van der Waals surface area contributed by atoms with E-state index in [1.807, 2.05) is 20.8 Å². The number of imide groups is 1. The van der Waals surface area contributed by atoms with Crippen molar-refractivity contribution >= 4 is 23.7 Å². The third kappa shape index (κ3) is 4.98. The van der Waals surface area contributed by atoms with E-state index in [1.165, 1.54) is 12.1 Å². The lowest BCUT2D eigenvalue weighted by Gasteiger charge is -2.33. The number of amides is 3. The molecule has 0 radical (unpaired) electrons. The number of piperidine rings is 1. The van der Waals surface area contributed by atoms with Crippen molar-refractivity contribution in [3.8, 4) is 11.4 Å². The average molecular weight is 487 g/mol. The number of hydrogen-bond donors (Lipinski definition) is 2. The molecule has 3 N–H and O–H groups in total. The number of nitrogens with two attached hydrogens (primary N) is 1. The molecule has 2 aliphatic rings. The fourth-order valence-corrected chi connectivity index (χ4v) is 4.11. The van der Waals surface area contributed by atoms with Gasteiger partial charge >= 0.3 is 6.09 Å². The Morgan fingerprint density at radius 2 is 1.83 bits per heavy atom. The van der Waals surface area contributed by atoms with Crippen LogP contribution in [0.4, 0.5) is 15.0 Å². The van der Waals surface area contributed by atoms with Gasteiger partial charge in [-0.1, -0.05) is 0 Å². The van der Waals surface area contributed by atoms with Gasteiger partial charge in [0, 0.05) is 25.2 Å². The Kier molecular flexibility index (Phi) is 6.27. The number of aromatic nitrogens is 1. The molecular formula is C24H27FN4O6. The highest BCUT2D eigenvalue weighted by Crippen LogP contribution is 2.27. The largest absolute Gasteiger partial charge is 0.490 e. The molecule has 0 unspecified atom stereocenters. The minimum absolute atomic E-state index is 0.00373. The first kappa shape index (κ1) is 24.2. The molecular weight excluding hydrogens is 459 g/mol. The predicted molar refractivity (Wildman–Crippen MR) is 124 cm³/mol. The summed E-state index contributed by atoms with van der Waals surface area (Å²) in [5.41, 5.74) is 4.64. The van der Waals surface area contributed by atoms with Gasteiger partial charge in [-0.05, 0) is 51.7 Å². The van der Waals surface area contributed by atoms with Crippen LogP contribution >= 0.6 is 0 Å². The van der Waals surface area contributed by atoms with Gasteiger partial charge in [-0.3, -0.25) is 24.3 Å². The molecule has 1 saturated heterocycles. The number of benzene rings is 1. The summed E-state index contributed by atoms with van der Waals surface area (Å²) in [4.78, 5) is 50.2. The average Bonchev–Trinajstić information content (AvgIpc) is 3.05. The summed E-state index contributed by atoms with van der Waals surface area (Å²) < 4.78 is 26.8. The first-order chi connectivity index (χ1) is 16.4. The number of nitrogen functional groups attached to an aromatic ring is 1. The van der Waals surface area contributed by atoms with Gasteiger partial charge in [-0.2, -0.15) is 0 Å².